The van der Waals surface area contributed by atoms with E-state index < -0.39 is 0 Å². The Hall–Kier alpha value is -2.15. The van der Waals surface area contributed by atoms with Gasteiger partial charge in [0.1, 0.15) is 5.82 Å². The lowest BCUT2D eigenvalue weighted by Gasteiger charge is -2.39. The fourth-order valence-corrected chi connectivity index (χ4v) is 3.74. The smallest absolute Gasteiger partial charge is 0.239 e. The maximum atomic E-state index is 12.4. The minimum atomic E-state index is 0.0246. The molecule has 1 N–H and O–H groups in total. The van der Waals surface area contributed by atoms with Gasteiger partial charge in [-0.2, -0.15) is 10.2 Å². The molecule has 0 radical (unpaired) electrons. The van der Waals surface area contributed by atoms with Crippen LogP contribution in [-0.2, 0) is 4.79 Å². The predicted octanol–water partition coefficient (Wildman–Crippen LogP) is 2.16. The van der Waals surface area contributed by atoms with Crippen LogP contribution < -0.4 is 5.32 Å². The summed E-state index contributed by atoms with van der Waals surface area (Å²) in [7, 11) is 0. The van der Waals surface area contributed by atoms with E-state index >= 15 is 0 Å². The Morgan fingerprint density at radius 2 is 2.12 bits per heavy atom. The minimum Gasteiger partial charge on any atom is -0.310 e. The molecular weight excluding hydrogens is 316 g/mol. The van der Waals surface area contributed by atoms with Crippen molar-refractivity contribution in [3.63, 3.8) is 0 Å². The molecule has 1 aliphatic carbocycles. The van der Waals surface area contributed by atoms with Gasteiger partial charge >= 0.3 is 0 Å². The zero-order chi connectivity index (χ0) is 17.6. The summed E-state index contributed by atoms with van der Waals surface area (Å²) in [6.45, 7) is 8.42. The van der Waals surface area contributed by atoms with Gasteiger partial charge in [-0.1, -0.05) is 0 Å². The summed E-state index contributed by atoms with van der Waals surface area (Å²) < 4.78 is 4.03. The van der Waals surface area contributed by atoms with Crippen LogP contribution in [-0.4, -0.2) is 50.0 Å². The molecule has 1 saturated heterocycles. The van der Waals surface area contributed by atoms with E-state index in [-0.39, 0.29) is 5.91 Å². The van der Waals surface area contributed by atoms with Crippen molar-refractivity contribution < 1.29 is 4.79 Å². The second kappa shape index (κ2) is 6.29. The Morgan fingerprint density at radius 1 is 1.36 bits per heavy atom. The van der Waals surface area contributed by atoms with Crippen LogP contribution in [0.1, 0.15) is 43.2 Å². The zero-order valence-electron chi connectivity index (χ0n) is 15.1. The SMILES string of the molecule is Cc1cc(C)n(C2CN(CC(=O)Nc3ccnn3C(C)C3CC3)C2)n1. The normalized spacial score (nSPS) is 19.6. The topological polar surface area (TPSA) is 68.0 Å². The molecule has 2 aliphatic rings. The molecule has 25 heavy (non-hydrogen) atoms. The first kappa shape index (κ1) is 16.3. The van der Waals surface area contributed by atoms with Crippen LogP contribution in [0.25, 0.3) is 0 Å². The van der Waals surface area contributed by atoms with Crippen LogP contribution >= 0.6 is 0 Å². The molecule has 1 aliphatic heterocycles. The van der Waals surface area contributed by atoms with Gasteiger partial charge in [-0.05, 0) is 45.6 Å². The molecule has 1 unspecified atom stereocenters. The van der Waals surface area contributed by atoms with Crippen LogP contribution in [0.5, 0.6) is 0 Å². The number of hydrogen-bond donors (Lipinski definition) is 1. The molecule has 134 valence electrons. The highest BCUT2D eigenvalue weighted by atomic mass is 16.2. The Labute approximate surface area is 148 Å². The van der Waals surface area contributed by atoms with Gasteiger partial charge in [-0.3, -0.25) is 14.4 Å². The third kappa shape index (κ3) is 3.33. The largest absolute Gasteiger partial charge is 0.310 e. The van der Waals surface area contributed by atoms with E-state index in [9.17, 15) is 4.79 Å². The monoisotopic (exact) mass is 342 g/mol. The van der Waals surface area contributed by atoms with Gasteiger partial charge in [0.25, 0.3) is 0 Å². The van der Waals surface area contributed by atoms with Crippen LogP contribution in [0.15, 0.2) is 18.3 Å². The molecule has 0 spiro atoms. The average molecular weight is 342 g/mol. The molecular formula is C18H26N6O. The molecule has 2 aromatic rings. The highest BCUT2D eigenvalue weighted by Crippen LogP contribution is 2.40. The summed E-state index contributed by atoms with van der Waals surface area (Å²) in [5, 5.41) is 11.9. The summed E-state index contributed by atoms with van der Waals surface area (Å²) >= 11 is 0. The van der Waals surface area contributed by atoms with Crippen LogP contribution in [0.3, 0.4) is 0 Å². The van der Waals surface area contributed by atoms with Crippen LogP contribution in [0, 0.1) is 19.8 Å². The number of aryl methyl sites for hydroxylation is 2. The second-order valence-corrected chi connectivity index (χ2v) is 7.51. The van der Waals surface area contributed by atoms with Gasteiger partial charge in [0.2, 0.25) is 5.91 Å². The number of amides is 1. The van der Waals surface area contributed by atoms with Crippen molar-refractivity contribution >= 4 is 11.7 Å². The molecule has 7 heteroatoms. The summed E-state index contributed by atoms with van der Waals surface area (Å²) in [6, 6.07) is 4.70. The summed E-state index contributed by atoms with van der Waals surface area (Å²) in [5.74, 6) is 1.53. The Balaban J connectivity index is 1.29. The average Bonchev–Trinajstić information content (AvgIpc) is 3.19. The predicted molar refractivity (Wildman–Crippen MR) is 95.5 cm³/mol. The number of nitrogens with one attached hydrogen (secondary N) is 1. The first-order valence-corrected chi connectivity index (χ1v) is 9.09. The third-order valence-electron chi connectivity index (χ3n) is 5.32. The maximum absolute atomic E-state index is 12.4. The quantitative estimate of drug-likeness (QED) is 0.873. The molecule has 1 atom stereocenters. The molecule has 7 nitrogen and oxygen atoms in total. The van der Waals surface area contributed by atoms with Crippen molar-refractivity contribution in [2.75, 3.05) is 25.0 Å². The Morgan fingerprint density at radius 3 is 2.76 bits per heavy atom. The highest BCUT2D eigenvalue weighted by Gasteiger charge is 2.32. The van der Waals surface area contributed by atoms with E-state index in [2.05, 4.69) is 45.0 Å². The molecule has 2 aromatic heterocycles. The van der Waals surface area contributed by atoms with Gasteiger partial charge in [-0.25, -0.2) is 4.68 Å². The second-order valence-electron chi connectivity index (χ2n) is 7.51. The number of anilines is 1. The van der Waals surface area contributed by atoms with E-state index in [1.54, 1.807) is 6.20 Å². The van der Waals surface area contributed by atoms with Crippen molar-refractivity contribution in [3.8, 4) is 0 Å². The van der Waals surface area contributed by atoms with E-state index in [0.717, 1.165) is 24.6 Å². The van der Waals surface area contributed by atoms with Crippen molar-refractivity contribution in [2.24, 2.45) is 5.92 Å². The zero-order valence-corrected chi connectivity index (χ0v) is 15.1. The number of nitrogens with zero attached hydrogens (tertiary/aromatic N) is 5. The van der Waals surface area contributed by atoms with Crippen molar-refractivity contribution in [1.82, 2.24) is 24.5 Å². The fourth-order valence-electron chi connectivity index (χ4n) is 3.74. The maximum Gasteiger partial charge on any atom is 0.239 e. The molecule has 4 rings (SSSR count). The number of likely N-dealkylation sites (tertiary alicyclic amines) is 1. The first-order valence-electron chi connectivity index (χ1n) is 9.09. The lowest BCUT2D eigenvalue weighted by atomic mass is 10.1. The van der Waals surface area contributed by atoms with Gasteiger partial charge in [0.15, 0.2) is 0 Å². The molecule has 0 bridgehead atoms. The number of hydrogen-bond acceptors (Lipinski definition) is 4. The molecule has 0 aromatic carbocycles. The van der Waals surface area contributed by atoms with Gasteiger partial charge in [0.05, 0.1) is 30.5 Å². The lowest BCUT2D eigenvalue weighted by Crippen LogP contribution is -2.51. The van der Waals surface area contributed by atoms with Crippen molar-refractivity contribution in [1.29, 1.82) is 0 Å². The van der Waals surface area contributed by atoms with Crippen molar-refractivity contribution in [3.05, 3.63) is 29.7 Å². The fraction of sp³-hybridized carbons (Fsp3) is 0.611. The molecule has 1 saturated carbocycles. The summed E-state index contributed by atoms with van der Waals surface area (Å²) in [4.78, 5) is 14.5. The molecule has 2 fully saturated rings. The Kier molecular flexibility index (Phi) is 4.11. The van der Waals surface area contributed by atoms with E-state index in [1.807, 2.05) is 17.7 Å². The third-order valence-corrected chi connectivity index (χ3v) is 5.32. The summed E-state index contributed by atoms with van der Waals surface area (Å²) in [5.41, 5.74) is 2.23. The van der Waals surface area contributed by atoms with Crippen LogP contribution in [0.4, 0.5) is 5.82 Å². The number of aromatic nitrogens is 4. The van der Waals surface area contributed by atoms with E-state index in [1.165, 1.54) is 18.5 Å². The molecule has 1 amide bonds. The van der Waals surface area contributed by atoms with Gasteiger partial charge in [0, 0.05) is 24.8 Å². The van der Waals surface area contributed by atoms with E-state index in [0.29, 0.717) is 24.5 Å². The Bertz CT molecular complexity index is 768. The van der Waals surface area contributed by atoms with Gasteiger partial charge < -0.3 is 5.32 Å². The van der Waals surface area contributed by atoms with Crippen molar-refractivity contribution in [2.45, 2.75) is 45.7 Å². The number of carbonyl (C=O) groups excluding carboxylic acids is 1. The first-order chi connectivity index (χ1) is 12.0. The van der Waals surface area contributed by atoms with E-state index in [4.69, 9.17) is 0 Å². The molecule has 3 heterocycles. The van der Waals surface area contributed by atoms with Gasteiger partial charge in [-0.15, -0.1) is 0 Å². The summed E-state index contributed by atoms with van der Waals surface area (Å²) in [6.07, 6.45) is 4.28. The number of rotatable bonds is 6. The minimum absolute atomic E-state index is 0.0246. The standard InChI is InChI=1S/C18H26N6O/c1-12-8-13(2)23(21-12)16-9-22(10-16)11-18(25)20-17-6-7-19-24(17)14(3)15-4-5-15/h6-8,14-16H,4-5,9-11H2,1-3H3,(H,20,25). The number of carbonyl (C=O) groups is 1. The lowest BCUT2D eigenvalue weighted by molar-refractivity contribution is -0.118. The highest BCUT2D eigenvalue weighted by molar-refractivity contribution is 5.91. The van der Waals surface area contributed by atoms with Crippen LogP contribution in [0.2, 0.25) is 0 Å².